The second-order valence-electron chi connectivity index (χ2n) is 9.00. The highest BCUT2D eigenvalue weighted by atomic mass is 16.4. The Morgan fingerprint density at radius 3 is 2.69 bits per heavy atom. The van der Waals surface area contributed by atoms with Gasteiger partial charge in [0.1, 0.15) is 5.58 Å². The molecule has 138 valence electrons. The zero-order valence-corrected chi connectivity index (χ0v) is 16.0. The molecule has 2 saturated carbocycles. The first-order chi connectivity index (χ1) is 12.2. The first-order valence-electron chi connectivity index (χ1n) is 9.53. The molecular formula is C22H27NO3. The largest absolute Gasteiger partial charge is 0.423 e. The van der Waals surface area contributed by atoms with Crippen LogP contribution >= 0.6 is 0 Å². The van der Waals surface area contributed by atoms with Gasteiger partial charge in [-0.15, -0.1) is 0 Å². The molecule has 4 heteroatoms. The number of aryl methyl sites for hydroxylation is 1. The molecule has 1 amide bonds. The van der Waals surface area contributed by atoms with E-state index in [1.165, 1.54) is 18.9 Å². The molecule has 0 radical (unpaired) electrons. The molecule has 4 nitrogen and oxygen atoms in total. The average molecular weight is 353 g/mol. The molecule has 1 N–H and O–H groups in total. The van der Waals surface area contributed by atoms with Crippen LogP contribution in [0, 0.1) is 23.7 Å². The standard InChI is InChI=1S/C22H27NO3/c1-13-5-6-16-14(11-20(25)26-17(16)9-13)10-19(24)23-18-12-15-7-8-22(18,4)21(15,2)3/h5-6,9,11,15,18H,7-8,10,12H2,1-4H3,(H,23,24). The number of hydrogen-bond acceptors (Lipinski definition) is 3. The smallest absolute Gasteiger partial charge is 0.336 e. The van der Waals surface area contributed by atoms with E-state index < -0.39 is 5.63 Å². The number of fused-ring (bicyclic) bond motifs is 3. The molecule has 3 atom stereocenters. The van der Waals surface area contributed by atoms with Gasteiger partial charge in [0.05, 0.1) is 6.42 Å². The quantitative estimate of drug-likeness (QED) is 0.849. The number of nitrogens with one attached hydrogen (secondary N) is 1. The van der Waals surface area contributed by atoms with Crippen molar-refractivity contribution in [2.75, 3.05) is 0 Å². The van der Waals surface area contributed by atoms with E-state index >= 15 is 0 Å². The third kappa shape index (κ3) is 2.50. The average Bonchev–Trinajstić information content (AvgIpc) is 2.87. The summed E-state index contributed by atoms with van der Waals surface area (Å²) in [6.45, 7) is 8.96. The van der Waals surface area contributed by atoms with E-state index in [0.717, 1.165) is 22.9 Å². The van der Waals surface area contributed by atoms with Crippen molar-refractivity contribution in [3.05, 3.63) is 45.8 Å². The summed E-state index contributed by atoms with van der Waals surface area (Å²) in [5.74, 6) is 0.678. The summed E-state index contributed by atoms with van der Waals surface area (Å²) < 4.78 is 5.29. The fraction of sp³-hybridized carbons (Fsp3) is 0.545. The first-order valence-corrected chi connectivity index (χ1v) is 9.53. The van der Waals surface area contributed by atoms with Gasteiger partial charge >= 0.3 is 5.63 Å². The summed E-state index contributed by atoms with van der Waals surface area (Å²) >= 11 is 0. The fourth-order valence-electron chi connectivity index (χ4n) is 5.32. The SMILES string of the molecule is Cc1ccc2c(CC(=O)NC3CC4CCC3(C)C4(C)C)cc(=O)oc2c1. The molecule has 2 aliphatic rings. The Balaban J connectivity index is 1.57. The molecule has 26 heavy (non-hydrogen) atoms. The van der Waals surface area contributed by atoms with Crippen LogP contribution < -0.4 is 10.9 Å². The monoisotopic (exact) mass is 353 g/mol. The van der Waals surface area contributed by atoms with Gasteiger partial charge in [-0.2, -0.15) is 0 Å². The zero-order chi connectivity index (χ0) is 18.7. The molecule has 0 aliphatic heterocycles. The van der Waals surface area contributed by atoms with E-state index in [1.54, 1.807) is 0 Å². The number of hydrogen-bond donors (Lipinski definition) is 1. The van der Waals surface area contributed by atoms with Gasteiger partial charge in [-0.05, 0) is 60.1 Å². The molecule has 2 bridgehead atoms. The highest BCUT2D eigenvalue weighted by Gasteiger charge is 2.61. The maximum atomic E-state index is 12.8. The van der Waals surface area contributed by atoms with Gasteiger partial charge in [-0.25, -0.2) is 4.79 Å². The predicted molar refractivity (Wildman–Crippen MR) is 102 cm³/mol. The summed E-state index contributed by atoms with van der Waals surface area (Å²) in [5, 5.41) is 4.12. The van der Waals surface area contributed by atoms with Gasteiger partial charge in [0.25, 0.3) is 0 Å². The highest BCUT2D eigenvalue weighted by Crippen LogP contribution is 2.65. The molecule has 2 fully saturated rings. The van der Waals surface area contributed by atoms with Crippen molar-refractivity contribution in [1.29, 1.82) is 0 Å². The number of carbonyl (C=O) groups is 1. The van der Waals surface area contributed by atoms with E-state index in [0.29, 0.717) is 11.5 Å². The van der Waals surface area contributed by atoms with Gasteiger partial charge in [-0.3, -0.25) is 4.79 Å². The van der Waals surface area contributed by atoms with Crippen LogP contribution in [0.5, 0.6) is 0 Å². The van der Waals surface area contributed by atoms with Crippen molar-refractivity contribution in [3.63, 3.8) is 0 Å². The van der Waals surface area contributed by atoms with E-state index in [4.69, 9.17) is 4.42 Å². The highest BCUT2D eigenvalue weighted by molar-refractivity contribution is 5.87. The predicted octanol–water partition coefficient (Wildman–Crippen LogP) is 3.97. The number of carbonyl (C=O) groups excluding carboxylic acids is 1. The number of benzene rings is 1. The van der Waals surface area contributed by atoms with Crippen LogP contribution in [0.3, 0.4) is 0 Å². The van der Waals surface area contributed by atoms with Gasteiger partial charge in [0.15, 0.2) is 0 Å². The molecular weight excluding hydrogens is 326 g/mol. The van der Waals surface area contributed by atoms with Crippen molar-refractivity contribution in [3.8, 4) is 0 Å². The Bertz CT molecular complexity index is 942. The first kappa shape index (κ1) is 17.3. The van der Waals surface area contributed by atoms with Crippen LogP contribution in [-0.4, -0.2) is 11.9 Å². The molecule has 3 unspecified atom stereocenters. The summed E-state index contributed by atoms with van der Waals surface area (Å²) in [4.78, 5) is 24.7. The lowest BCUT2D eigenvalue weighted by atomic mass is 9.69. The second-order valence-corrected chi connectivity index (χ2v) is 9.00. The summed E-state index contributed by atoms with van der Waals surface area (Å²) in [6.07, 6.45) is 3.71. The molecule has 0 spiro atoms. The van der Waals surface area contributed by atoms with Crippen molar-refractivity contribution >= 4 is 16.9 Å². The van der Waals surface area contributed by atoms with Crippen molar-refractivity contribution in [2.45, 2.75) is 59.4 Å². The lowest BCUT2D eigenvalue weighted by molar-refractivity contribution is -0.122. The maximum Gasteiger partial charge on any atom is 0.336 e. The molecule has 0 saturated heterocycles. The van der Waals surface area contributed by atoms with Crippen LogP contribution in [0.4, 0.5) is 0 Å². The van der Waals surface area contributed by atoms with Gasteiger partial charge in [0.2, 0.25) is 5.91 Å². The summed E-state index contributed by atoms with van der Waals surface area (Å²) in [5.41, 5.74) is 2.33. The topological polar surface area (TPSA) is 59.3 Å². The minimum atomic E-state index is -0.404. The van der Waals surface area contributed by atoms with Crippen LogP contribution in [0.15, 0.2) is 33.5 Å². The molecule has 4 rings (SSSR count). The van der Waals surface area contributed by atoms with E-state index in [1.807, 2.05) is 25.1 Å². The minimum absolute atomic E-state index is 0.00736. The van der Waals surface area contributed by atoms with Crippen LogP contribution in [-0.2, 0) is 11.2 Å². The van der Waals surface area contributed by atoms with Crippen LogP contribution in [0.2, 0.25) is 0 Å². The third-order valence-electron chi connectivity index (χ3n) is 7.47. The number of amides is 1. The lowest BCUT2D eigenvalue weighted by Gasteiger charge is -2.39. The van der Waals surface area contributed by atoms with E-state index in [2.05, 4.69) is 26.1 Å². The zero-order valence-electron chi connectivity index (χ0n) is 16.0. The molecule has 2 aliphatic carbocycles. The Morgan fingerprint density at radius 1 is 1.27 bits per heavy atom. The van der Waals surface area contributed by atoms with Crippen molar-refractivity contribution in [1.82, 2.24) is 5.32 Å². The number of rotatable bonds is 3. The Morgan fingerprint density at radius 2 is 2.04 bits per heavy atom. The molecule has 1 aromatic heterocycles. The minimum Gasteiger partial charge on any atom is -0.423 e. The second kappa shape index (κ2) is 5.70. The summed E-state index contributed by atoms with van der Waals surface area (Å²) in [6, 6.07) is 7.42. The molecule has 1 aromatic carbocycles. The summed E-state index contributed by atoms with van der Waals surface area (Å²) in [7, 11) is 0. The Labute approximate surface area is 154 Å². The van der Waals surface area contributed by atoms with Gasteiger partial charge < -0.3 is 9.73 Å². The fourth-order valence-corrected chi connectivity index (χ4v) is 5.32. The van der Waals surface area contributed by atoms with Crippen LogP contribution in [0.25, 0.3) is 11.0 Å². The molecule has 2 aromatic rings. The third-order valence-corrected chi connectivity index (χ3v) is 7.47. The van der Waals surface area contributed by atoms with Crippen molar-refractivity contribution < 1.29 is 9.21 Å². The Hall–Kier alpha value is -2.10. The maximum absolute atomic E-state index is 12.8. The normalized spacial score (nSPS) is 29.2. The van der Waals surface area contributed by atoms with E-state index in [9.17, 15) is 9.59 Å². The van der Waals surface area contributed by atoms with Gasteiger partial charge in [-0.1, -0.05) is 32.9 Å². The van der Waals surface area contributed by atoms with Crippen molar-refractivity contribution in [2.24, 2.45) is 16.7 Å². The van der Waals surface area contributed by atoms with E-state index in [-0.39, 0.29) is 29.2 Å². The van der Waals surface area contributed by atoms with Gasteiger partial charge in [0, 0.05) is 17.5 Å². The molecule has 1 heterocycles. The Kier molecular flexibility index (Phi) is 3.80. The van der Waals surface area contributed by atoms with Crippen LogP contribution in [0.1, 0.15) is 51.2 Å². The lowest BCUT2D eigenvalue weighted by Crippen LogP contribution is -2.47.